The smallest absolute Gasteiger partial charge is 0.329 e. The maximum absolute atomic E-state index is 13.3. The van der Waals surface area contributed by atoms with E-state index in [0.29, 0.717) is 12.6 Å². The molecular formula is C22H25N5O2. The number of pyridine rings is 1. The van der Waals surface area contributed by atoms with Crippen LogP contribution in [-0.2, 0) is 13.1 Å². The molecular weight excluding hydrogens is 366 g/mol. The molecule has 5 rings (SSSR count). The van der Waals surface area contributed by atoms with E-state index in [2.05, 4.69) is 28.6 Å². The molecule has 7 heteroatoms. The largest absolute Gasteiger partial charge is 0.396 e. The average molecular weight is 391 g/mol. The fourth-order valence-electron chi connectivity index (χ4n) is 4.19. The lowest BCUT2D eigenvalue weighted by atomic mass is 10.2. The number of aliphatic hydroxyl groups excluding tert-OH is 1. The van der Waals surface area contributed by atoms with Crippen molar-refractivity contribution in [3.05, 3.63) is 58.5 Å². The van der Waals surface area contributed by atoms with Crippen molar-refractivity contribution in [2.24, 2.45) is 0 Å². The second-order valence-electron chi connectivity index (χ2n) is 7.89. The van der Waals surface area contributed by atoms with E-state index in [1.165, 1.54) is 0 Å². The first kappa shape index (κ1) is 18.1. The number of rotatable bonds is 7. The molecule has 1 aliphatic carbocycles. The number of aliphatic hydroxyl groups is 1. The fourth-order valence-corrected chi connectivity index (χ4v) is 4.19. The average Bonchev–Trinajstić information content (AvgIpc) is 3.44. The molecule has 0 saturated heterocycles. The van der Waals surface area contributed by atoms with Gasteiger partial charge in [-0.25, -0.2) is 9.78 Å². The summed E-state index contributed by atoms with van der Waals surface area (Å²) in [5.41, 5.74) is 5.00. The minimum absolute atomic E-state index is 0.0150. The molecule has 1 aliphatic rings. The van der Waals surface area contributed by atoms with Crippen LogP contribution in [0, 0.1) is 6.92 Å². The van der Waals surface area contributed by atoms with Gasteiger partial charge in [0.05, 0.1) is 34.8 Å². The summed E-state index contributed by atoms with van der Waals surface area (Å²) in [6.45, 7) is 3.42. The molecule has 0 bridgehead atoms. The Morgan fingerprint density at radius 3 is 2.76 bits per heavy atom. The normalized spacial score (nSPS) is 14.3. The minimum Gasteiger partial charge on any atom is -0.396 e. The highest BCUT2D eigenvalue weighted by Gasteiger charge is 2.29. The SMILES string of the molecule is Cc1cccc2c1nc(Cn1c(=O)n(C3CC3)c3ccncc31)n2CCCCO. The van der Waals surface area contributed by atoms with Gasteiger partial charge in [-0.1, -0.05) is 12.1 Å². The number of imidazole rings is 2. The van der Waals surface area contributed by atoms with Gasteiger partial charge in [-0.3, -0.25) is 14.1 Å². The molecule has 0 aliphatic heterocycles. The molecule has 150 valence electrons. The van der Waals surface area contributed by atoms with Crippen LogP contribution in [0.2, 0.25) is 0 Å². The number of hydrogen-bond acceptors (Lipinski definition) is 4. The monoisotopic (exact) mass is 391 g/mol. The van der Waals surface area contributed by atoms with E-state index in [-0.39, 0.29) is 12.3 Å². The van der Waals surface area contributed by atoms with Crippen LogP contribution in [0.3, 0.4) is 0 Å². The predicted molar refractivity (Wildman–Crippen MR) is 112 cm³/mol. The van der Waals surface area contributed by atoms with Crippen LogP contribution in [0.4, 0.5) is 0 Å². The van der Waals surface area contributed by atoms with Crippen LogP contribution < -0.4 is 5.69 Å². The summed E-state index contributed by atoms with van der Waals surface area (Å²) in [5, 5.41) is 9.19. The van der Waals surface area contributed by atoms with E-state index in [0.717, 1.165) is 65.7 Å². The highest BCUT2D eigenvalue weighted by atomic mass is 16.3. The van der Waals surface area contributed by atoms with Crippen LogP contribution >= 0.6 is 0 Å². The summed E-state index contributed by atoms with van der Waals surface area (Å²) in [6.07, 6.45) is 7.25. The standard InChI is InChI=1S/C22H25N5O2/c1-15-5-4-6-18-21(15)24-20(25(18)11-2-3-12-28)14-26-19-13-23-10-9-17(19)27(22(26)29)16-7-8-16/h4-6,9-10,13,16,28H,2-3,7-8,11-12,14H2,1H3. The Morgan fingerprint density at radius 2 is 1.97 bits per heavy atom. The molecule has 0 spiro atoms. The predicted octanol–water partition coefficient (Wildman–Crippen LogP) is 3.01. The van der Waals surface area contributed by atoms with Crippen molar-refractivity contribution in [2.45, 2.75) is 51.7 Å². The van der Waals surface area contributed by atoms with E-state index in [4.69, 9.17) is 4.98 Å². The summed E-state index contributed by atoms with van der Waals surface area (Å²) in [6, 6.07) is 8.42. The number of hydrogen-bond donors (Lipinski definition) is 1. The van der Waals surface area contributed by atoms with E-state index in [1.54, 1.807) is 17.0 Å². The molecule has 29 heavy (non-hydrogen) atoms. The second kappa shape index (κ2) is 7.15. The third kappa shape index (κ3) is 3.06. The van der Waals surface area contributed by atoms with Crippen LogP contribution in [0.25, 0.3) is 22.1 Å². The molecule has 0 atom stereocenters. The molecule has 0 radical (unpaired) electrons. The Hall–Kier alpha value is -2.93. The first-order valence-corrected chi connectivity index (χ1v) is 10.3. The third-order valence-electron chi connectivity index (χ3n) is 5.83. The Labute approximate surface area is 168 Å². The van der Waals surface area contributed by atoms with Gasteiger partial charge in [-0.2, -0.15) is 0 Å². The summed E-state index contributed by atoms with van der Waals surface area (Å²) in [5.74, 6) is 0.869. The van der Waals surface area contributed by atoms with Crippen molar-refractivity contribution in [1.82, 2.24) is 23.7 Å². The highest BCUT2D eigenvalue weighted by molar-refractivity contribution is 5.80. The maximum atomic E-state index is 13.3. The molecule has 3 heterocycles. The van der Waals surface area contributed by atoms with Gasteiger partial charge in [-0.05, 0) is 50.3 Å². The second-order valence-corrected chi connectivity index (χ2v) is 7.89. The van der Waals surface area contributed by atoms with E-state index in [1.807, 2.05) is 16.7 Å². The van der Waals surface area contributed by atoms with Crippen LogP contribution in [-0.4, -0.2) is 35.4 Å². The van der Waals surface area contributed by atoms with Gasteiger partial charge in [-0.15, -0.1) is 0 Å². The lowest BCUT2D eigenvalue weighted by Gasteiger charge is -2.10. The summed E-state index contributed by atoms with van der Waals surface area (Å²) < 4.78 is 5.92. The van der Waals surface area contributed by atoms with Gasteiger partial charge < -0.3 is 9.67 Å². The minimum atomic E-state index is 0.0150. The number of para-hydroxylation sites is 1. The first-order valence-electron chi connectivity index (χ1n) is 10.3. The Balaban J connectivity index is 1.64. The lowest BCUT2D eigenvalue weighted by molar-refractivity contribution is 0.281. The van der Waals surface area contributed by atoms with Gasteiger partial charge >= 0.3 is 5.69 Å². The molecule has 3 aromatic heterocycles. The number of benzene rings is 1. The summed E-state index contributed by atoms with van der Waals surface area (Å²) >= 11 is 0. The Kier molecular flexibility index (Phi) is 4.47. The maximum Gasteiger partial charge on any atom is 0.329 e. The van der Waals surface area contributed by atoms with Gasteiger partial charge in [0.1, 0.15) is 5.82 Å². The van der Waals surface area contributed by atoms with Crippen LogP contribution in [0.1, 0.15) is 43.1 Å². The molecule has 1 N–H and O–H groups in total. The zero-order valence-corrected chi connectivity index (χ0v) is 16.6. The molecule has 1 fully saturated rings. The van der Waals surface area contributed by atoms with Crippen molar-refractivity contribution in [3.63, 3.8) is 0 Å². The molecule has 0 unspecified atom stereocenters. The van der Waals surface area contributed by atoms with Gasteiger partial charge in [0.15, 0.2) is 0 Å². The fraction of sp³-hybridized carbons (Fsp3) is 0.409. The zero-order chi connectivity index (χ0) is 20.0. The summed E-state index contributed by atoms with van der Waals surface area (Å²) in [4.78, 5) is 22.4. The summed E-state index contributed by atoms with van der Waals surface area (Å²) in [7, 11) is 0. The number of nitrogens with zero attached hydrogens (tertiary/aromatic N) is 5. The number of aromatic nitrogens is 5. The number of unbranched alkanes of at least 4 members (excludes halogenated alkanes) is 1. The topological polar surface area (TPSA) is 77.9 Å². The van der Waals surface area contributed by atoms with Crippen molar-refractivity contribution in [1.29, 1.82) is 0 Å². The van der Waals surface area contributed by atoms with Crippen molar-refractivity contribution in [3.8, 4) is 0 Å². The van der Waals surface area contributed by atoms with Crippen molar-refractivity contribution < 1.29 is 5.11 Å². The van der Waals surface area contributed by atoms with E-state index < -0.39 is 0 Å². The van der Waals surface area contributed by atoms with E-state index >= 15 is 0 Å². The number of aryl methyl sites for hydroxylation is 2. The van der Waals surface area contributed by atoms with Gasteiger partial charge in [0, 0.05) is 25.4 Å². The van der Waals surface area contributed by atoms with Gasteiger partial charge in [0.2, 0.25) is 0 Å². The van der Waals surface area contributed by atoms with Crippen LogP contribution in [0.5, 0.6) is 0 Å². The number of fused-ring (bicyclic) bond motifs is 2. The molecule has 1 saturated carbocycles. The lowest BCUT2D eigenvalue weighted by Crippen LogP contribution is -2.25. The van der Waals surface area contributed by atoms with Gasteiger partial charge in [0.25, 0.3) is 0 Å². The molecule has 1 aromatic carbocycles. The Bertz CT molecular complexity index is 1250. The third-order valence-corrected chi connectivity index (χ3v) is 5.83. The highest BCUT2D eigenvalue weighted by Crippen LogP contribution is 2.36. The Morgan fingerprint density at radius 1 is 1.10 bits per heavy atom. The molecule has 7 nitrogen and oxygen atoms in total. The molecule has 0 amide bonds. The van der Waals surface area contributed by atoms with Crippen LogP contribution in [0.15, 0.2) is 41.5 Å². The van der Waals surface area contributed by atoms with Crippen molar-refractivity contribution >= 4 is 22.1 Å². The first-order chi connectivity index (χ1) is 14.2. The van der Waals surface area contributed by atoms with E-state index in [9.17, 15) is 9.90 Å². The zero-order valence-electron chi connectivity index (χ0n) is 16.6. The molecule has 4 aromatic rings. The quantitative estimate of drug-likeness (QED) is 0.491. The van der Waals surface area contributed by atoms with Crippen molar-refractivity contribution in [2.75, 3.05) is 6.61 Å².